The minimum atomic E-state index is -0.369. The maximum absolute atomic E-state index is 13.2. The molecule has 1 aliphatic heterocycles. The Morgan fingerprint density at radius 1 is 1.42 bits per heavy atom. The number of hydrogen-bond donors (Lipinski definition) is 2. The summed E-state index contributed by atoms with van der Waals surface area (Å²) in [6, 6.07) is 4.38. The first kappa shape index (κ1) is 13.7. The van der Waals surface area contributed by atoms with Crippen LogP contribution < -0.4 is 10.6 Å². The van der Waals surface area contributed by atoms with E-state index in [9.17, 15) is 9.18 Å². The lowest BCUT2D eigenvalue weighted by Gasteiger charge is -2.14. The summed E-state index contributed by atoms with van der Waals surface area (Å²) in [5.41, 5.74) is 2.51. The Morgan fingerprint density at radius 3 is 2.95 bits per heavy atom. The summed E-state index contributed by atoms with van der Waals surface area (Å²) in [4.78, 5) is 11.9. The van der Waals surface area contributed by atoms with Crippen LogP contribution in [0.5, 0.6) is 0 Å². The molecule has 2 N–H and O–H groups in total. The van der Waals surface area contributed by atoms with Crippen molar-refractivity contribution < 1.29 is 9.18 Å². The van der Waals surface area contributed by atoms with Gasteiger partial charge in [-0.05, 0) is 50.1 Å². The molecule has 0 radical (unpaired) electrons. The molecule has 0 bridgehead atoms. The van der Waals surface area contributed by atoms with Crippen LogP contribution in [0.25, 0.3) is 0 Å². The number of nitrogens with one attached hydrogen (secondary N) is 2. The fourth-order valence-electron chi connectivity index (χ4n) is 2.20. The molecule has 0 spiro atoms. The summed E-state index contributed by atoms with van der Waals surface area (Å²) in [5, 5.41) is 6.08. The van der Waals surface area contributed by atoms with Crippen molar-refractivity contribution in [3.63, 3.8) is 0 Å². The van der Waals surface area contributed by atoms with E-state index in [-0.39, 0.29) is 11.7 Å². The van der Waals surface area contributed by atoms with E-state index in [0.717, 1.165) is 31.5 Å². The van der Waals surface area contributed by atoms with Crippen molar-refractivity contribution in [3.05, 3.63) is 46.8 Å². The van der Waals surface area contributed by atoms with E-state index in [0.29, 0.717) is 12.1 Å². The van der Waals surface area contributed by atoms with E-state index >= 15 is 0 Å². The van der Waals surface area contributed by atoms with E-state index in [1.165, 1.54) is 17.7 Å². The summed E-state index contributed by atoms with van der Waals surface area (Å²) in [5.74, 6) is -0.580. The lowest BCUT2D eigenvalue weighted by atomic mass is 10.1. The molecule has 1 aromatic carbocycles. The average Bonchev–Trinajstić information content (AvgIpc) is 2.38. The number of aryl methyl sites for hydroxylation is 1. The van der Waals surface area contributed by atoms with Gasteiger partial charge in [0.05, 0.1) is 0 Å². The van der Waals surface area contributed by atoms with Crippen LogP contribution in [-0.2, 0) is 0 Å². The Hall–Kier alpha value is -1.68. The molecule has 0 aromatic heterocycles. The Kier molecular flexibility index (Phi) is 4.68. The van der Waals surface area contributed by atoms with Crippen molar-refractivity contribution in [2.45, 2.75) is 19.8 Å². The third-order valence-corrected chi connectivity index (χ3v) is 3.19. The molecule has 1 amide bonds. The van der Waals surface area contributed by atoms with Crippen LogP contribution in [0.3, 0.4) is 0 Å². The molecule has 0 saturated heterocycles. The average molecular weight is 262 g/mol. The van der Waals surface area contributed by atoms with E-state index < -0.39 is 0 Å². The third kappa shape index (κ3) is 4.17. The van der Waals surface area contributed by atoms with Crippen LogP contribution >= 0.6 is 0 Å². The van der Waals surface area contributed by atoms with Crippen LogP contribution in [-0.4, -0.2) is 25.5 Å². The molecule has 0 saturated carbocycles. The fourth-order valence-corrected chi connectivity index (χ4v) is 2.20. The van der Waals surface area contributed by atoms with Gasteiger partial charge in [0.15, 0.2) is 0 Å². The van der Waals surface area contributed by atoms with Gasteiger partial charge in [0, 0.05) is 18.7 Å². The third-order valence-electron chi connectivity index (χ3n) is 3.19. The maximum Gasteiger partial charge on any atom is 0.251 e. The first-order valence-electron chi connectivity index (χ1n) is 6.59. The van der Waals surface area contributed by atoms with Crippen LogP contribution in [0.1, 0.15) is 28.8 Å². The van der Waals surface area contributed by atoms with Crippen LogP contribution in [0.15, 0.2) is 29.8 Å². The summed E-state index contributed by atoms with van der Waals surface area (Å²) < 4.78 is 13.2. The number of benzene rings is 1. The van der Waals surface area contributed by atoms with Crippen molar-refractivity contribution in [2.24, 2.45) is 0 Å². The van der Waals surface area contributed by atoms with Gasteiger partial charge < -0.3 is 10.6 Å². The van der Waals surface area contributed by atoms with Crippen LogP contribution in [0, 0.1) is 12.7 Å². The molecular weight excluding hydrogens is 243 g/mol. The predicted molar refractivity (Wildman–Crippen MR) is 73.7 cm³/mol. The molecule has 1 aliphatic rings. The van der Waals surface area contributed by atoms with E-state index in [4.69, 9.17) is 0 Å². The van der Waals surface area contributed by atoms with Gasteiger partial charge in [0.25, 0.3) is 5.91 Å². The van der Waals surface area contributed by atoms with Gasteiger partial charge in [-0.3, -0.25) is 4.79 Å². The second kappa shape index (κ2) is 6.48. The fraction of sp³-hybridized carbons (Fsp3) is 0.400. The van der Waals surface area contributed by atoms with Crippen molar-refractivity contribution in [3.8, 4) is 0 Å². The molecule has 0 atom stereocenters. The number of carbonyl (C=O) groups excluding carboxylic acids is 1. The number of carbonyl (C=O) groups is 1. The predicted octanol–water partition coefficient (Wildman–Crippen LogP) is 2.17. The summed E-state index contributed by atoms with van der Waals surface area (Å²) in [6.45, 7) is 4.29. The monoisotopic (exact) mass is 262 g/mol. The number of hydrogen-bond acceptors (Lipinski definition) is 2. The molecule has 3 nitrogen and oxygen atoms in total. The molecule has 0 fully saturated rings. The van der Waals surface area contributed by atoms with E-state index in [2.05, 4.69) is 16.7 Å². The summed E-state index contributed by atoms with van der Waals surface area (Å²) in [6.07, 6.45) is 4.07. The zero-order valence-electron chi connectivity index (χ0n) is 11.1. The number of rotatable bonds is 4. The quantitative estimate of drug-likeness (QED) is 0.817. The molecule has 0 aliphatic carbocycles. The zero-order valence-corrected chi connectivity index (χ0v) is 11.1. The largest absolute Gasteiger partial charge is 0.352 e. The number of halogens is 1. The van der Waals surface area contributed by atoms with Gasteiger partial charge in [-0.2, -0.15) is 0 Å². The SMILES string of the molecule is Cc1cc(F)cc(C(=O)NCCC2=CCNCC2)c1. The van der Waals surface area contributed by atoms with Crippen LogP contribution in [0.4, 0.5) is 4.39 Å². The number of amides is 1. The second-order valence-corrected chi connectivity index (χ2v) is 4.84. The Balaban J connectivity index is 1.85. The Morgan fingerprint density at radius 2 is 2.26 bits per heavy atom. The van der Waals surface area contributed by atoms with Gasteiger partial charge in [0.1, 0.15) is 5.82 Å². The first-order chi connectivity index (χ1) is 9.15. The van der Waals surface area contributed by atoms with Gasteiger partial charge in [-0.25, -0.2) is 4.39 Å². The smallest absolute Gasteiger partial charge is 0.251 e. The highest BCUT2D eigenvalue weighted by Crippen LogP contribution is 2.10. The van der Waals surface area contributed by atoms with Gasteiger partial charge in [-0.15, -0.1) is 0 Å². The lowest BCUT2D eigenvalue weighted by molar-refractivity contribution is 0.0953. The molecule has 4 heteroatoms. The van der Waals surface area contributed by atoms with Crippen LogP contribution in [0.2, 0.25) is 0 Å². The van der Waals surface area contributed by atoms with Crippen molar-refractivity contribution in [2.75, 3.05) is 19.6 Å². The highest BCUT2D eigenvalue weighted by molar-refractivity contribution is 5.94. The standard InChI is InChI=1S/C15H19FN2O/c1-11-8-13(10-14(16)9-11)15(19)18-7-4-12-2-5-17-6-3-12/h2,8-10,17H,3-7H2,1H3,(H,18,19). The van der Waals surface area contributed by atoms with E-state index in [1.54, 1.807) is 13.0 Å². The zero-order chi connectivity index (χ0) is 13.7. The topological polar surface area (TPSA) is 41.1 Å². The first-order valence-corrected chi connectivity index (χ1v) is 6.59. The molecule has 1 aromatic rings. The Labute approximate surface area is 112 Å². The van der Waals surface area contributed by atoms with Crippen molar-refractivity contribution in [1.82, 2.24) is 10.6 Å². The molecule has 0 unspecified atom stereocenters. The Bertz CT molecular complexity index is 477. The highest BCUT2D eigenvalue weighted by atomic mass is 19.1. The molecule has 1 heterocycles. The van der Waals surface area contributed by atoms with Gasteiger partial charge in [-0.1, -0.05) is 11.6 Å². The molecule has 19 heavy (non-hydrogen) atoms. The molecular formula is C15H19FN2O. The van der Waals surface area contributed by atoms with Crippen molar-refractivity contribution in [1.29, 1.82) is 0 Å². The normalized spacial score (nSPS) is 14.9. The molecule has 2 rings (SSSR count). The van der Waals surface area contributed by atoms with E-state index in [1.807, 2.05) is 0 Å². The summed E-state index contributed by atoms with van der Waals surface area (Å²) in [7, 11) is 0. The summed E-state index contributed by atoms with van der Waals surface area (Å²) >= 11 is 0. The minimum absolute atomic E-state index is 0.211. The van der Waals surface area contributed by atoms with Crippen molar-refractivity contribution >= 4 is 5.91 Å². The molecule has 102 valence electrons. The van der Waals surface area contributed by atoms with Gasteiger partial charge in [0.2, 0.25) is 0 Å². The highest BCUT2D eigenvalue weighted by Gasteiger charge is 2.08. The second-order valence-electron chi connectivity index (χ2n) is 4.84. The lowest BCUT2D eigenvalue weighted by Crippen LogP contribution is -2.26. The van der Waals surface area contributed by atoms with Gasteiger partial charge >= 0.3 is 0 Å². The minimum Gasteiger partial charge on any atom is -0.352 e. The maximum atomic E-state index is 13.2.